The maximum absolute atomic E-state index is 12.4. The number of benzene rings is 1. The summed E-state index contributed by atoms with van der Waals surface area (Å²) in [6, 6.07) is 6.25. The second kappa shape index (κ2) is 7.79. The number of nitrogens with zero attached hydrogens (tertiary/aromatic N) is 4. The number of aromatic nitrogens is 3. The Morgan fingerprint density at radius 3 is 2.62 bits per heavy atom. The van der Waals surface area contributed by atoms with E-state index < -0.39 is 0 Å². The smallest absolute Gasteiger partial charge is 0.222 e. The van der Waals surface area contributed by atoms with Crippen molar-refractivity contribution in [3.63, 3.8) is 0 Å². The molecule has 2 aromatic rings. The largest absolute Gasteiger partial charge is 0.496 e. The highest BCUT2D eigenvalue weighted by atomic mass is 79.9. The molecule has 1 fully saturated rings. The average molecular weight is 393 g/mol. The fraction of sp³-hybridized carbons (Fsp3) is 0.471. The van der Waals surface area contributed by atoms with Crippen molar-refractivity contribution in [1.29, 1.82) is 0 Å². The number of carbonyl (C=O) groups is 1. The minimum absolute atomic E-state index is 0.216. The van der Waals surface area contributed by atoms with Crippen LogP contribution in [0.4, 0.5) is 0 Å². The first kappa shape index (κ1) is 17.0. The molecule has 0 spiro atoms. The van der Waals surface area contributed by atoms with Crippen molar-refractivity contribution in [1.82, 2.24) is 19.9 Å². The summed E-state index contributed by atoms with van der Waals surface area (Å²) in [6.45, 7) is 1.55. The number of methoxy groups -OCH3 is 1. The topological polar surface area (TPSA) is 60.2 Å². The minimum Gasteiger partial charge on any atom is -0.496 e. The fourth-order valence-electron chi connectivity index (χ4n) is 3.04. The Morgan fingerprint density at radius 1 is 1.29 bits per heavy atom. The second-order valence-electron chi connectivity index (χ2n) is 5.93. The normalized spacial score (nSPS) is 15.5. The van der Waals surface area contributed by atoms with E-state index in [-0.39, 0.29) is 5.91 Å². The Labute approximate surface area is 149 Å². The van der Waals surface area contributed by atoms with E-state index in [0.717, 1.165) is 48.1 Å². The van der Waals surface area contributed by atoms with E-state index in [2.05, 4.69) is 26.1 Å². The summed E-state index contributed by atoms with van der Waals surface area (Å²) in [6.07, 6.45) is 6.49. The van der Waals surface area contributed by atoms with Gasteiger partial charge in [-0.05, 0) is 52.9 Å². The van der Waals surface area contributed by atoms with E-state index in [1.165, 1.54) is 0 Å². The number of halogens is 1. The van der Waals surface area contributed by atoms with Crippen molar-refractivity contribution in [2.75, 3.05) is 20.2 Å². The summed E-state index contributed by atoms with van der Waals surface area (Å²) in [5, 5.41) is 8.39. The van der Waals surface area contributed by atoms with Gasteiger partial charge in [0.25, 0.3) is 0 Å². The molecule has 0 saturated carbocycles. The zero-order valence-corrected chi connectivity index (χ0v) is 15.3. The number of likely N-dealkylation sites (tertiary alicyclic amines) is 1. The second-order valence-corrected chi connectivity index (χ2v) is 6.78. The molecule has 2 heterocycles. The molecule has 0 atom stereocenters. The van der Waals surface area contributed by atoms with E-state index in [1.54, 1.807) is 24.3 Å². The van der Waals surface area contributed by atoms with Gasteiger partial charge in [0.05, 0.1) is 30.0 Å². The van der Waals surface area contributed by atoms with Crippen LogP contribution < -0.4 is 4.74 Å². The lowest BCUT2D eigenvalue weighted by Crippen LogP contribution is -2.39. The van der Waals surface area contributed by atoms with Gasteiger partial charge in [-0.3, -0.25) is 4.79 Å². The van der Waals surface area contributed by atoms with Crippen molar-refractivity contribution >= 4 is 21.8 Å². The Bertz CT molecular complexity index is 682. The summed E-state index contributed by atoms with van der Waals surface area (Å²) in [4.78, 5) is 16.1. The predicted molar refractivity (Wildman–Crippen MR) is 93.9 cm³/mol. The maximum Gasteiger partial charge on any atom is 0.222 e. The number of carbonyl (C=O) groups excluding carboxylic acids is 1. The van der Waals surface area contributed by atoms with Crippen molar-refractivity contribution in [3.8, 4) is 5.75 Å². The van der Waals surface area contributed by atoms with Crippen LogP contribution in [-0.4, -0.2) is 46.0 Å². The molecule has 1 amide bonds. The number of aryl methyl sites for hydroxylation is 1. The Balaban J connectivity index is 1.48. The lowest BCUT2D eigenvalue weighted by Gasteiger charge is -2.31. The quantitative estimate of drug-likeness (QED) is 0.784. The highest BCUT2D eigenvalue weighted by molar-refractivity contribution is 9.10. The molecule has 1 aliphatic rings. The molecule has 6 nitrogen and oxygen atoms in total. The van der Waals surface area contributed by atoms with Gasteiger partial charge in [-0.15, -0.1) is 0 Å². The van der Waals surface area contributed by atoms with Gasteiger partial charge >= 0.3 is 0 Å². The van der Waals surface area contributed by atoms with E-state index in [0.29, 0.717) is 12.5 Å². The SMILES string of the molecule is COc1ccc(CCC(=O)N2CCC(n3nccn3)CC2)cc1Br. The van der Waals surface area contributed by atoms with Crippen LogP contribution in [0.1, 0.15) is 30.9 Å². The van der Waals surface area contributed by atoms with Gasteiger partial charge in [0.15, 0.2) is 0 Å². The molecule has 7 heteroatoms. The molecule has 0 radical (unpaired) electrons. The highest BCUT2D eigenvalue weighted by Crippen LogP contribution is 2.26. The lowest BCUT2D eigenvalue weighted by molar-refractivity contribution is -0.132. The number of ether oxygens (including phenoxy) is 1. The van der Waals surface area contributed by atoms with E-state index >= 15 is 0 Å². The number of hydrogen-bond donors (Lipinski definition) is 0. The number of hydrogen-bond acceptors (Lipinski definition) is 4. The predicted octanol–water partition coefficient (Wildman–Crippen LogP) is 2.85. The molecule has 0 N–H and O–H groups in total. The van der Waals surface area contributed by atoms with Crippen molar-refractivity contribution in [2.24, 2.45) is 0 Å². The Morgan fingerprint density at radius 2 is 2.00 bits per heavy atom. The molecular weight excluding hydrogens is 372 g/mol. The summed E-state index contributed by atoms with van der Waals surface area (Å²) >= 11 is 3.48. The van der Waals surface area contributed by atoms with Gasteiger partial charge in [0.1, 0.15) is 5.75 Å². The van der Waals surface area contributed by atoms with Gasteiger partial charge in [-0.2, -0.15) is 15.0 Å². The van der Waals surface area contributed by atoms with Crippen LogP contribution >= 0.6 is 15.9 Å². The number of amides is 1. The van der Waals surface area contributed by atoms with Crippen LogP contribution in [-0.2, 0) is 11.2 Å². The summed E-state index contributed by atoms with van der Waals surface area (Å²) in [7, 11) is 1.64. The first-order valence-electron chi connectivity index (χ1n) is 8.13. The average Bonchev–Trinajstić information content (AvgIpc) is 3.14. The monoisotopic (exact) mass is 392 g/mol. The zero-order valence-electron chi connectivity index (χ0n) is 13.7. The van der Waals surface area contributed by atoms with Gasteiger partial charge in [-0.1, -0.05) is 6.07 Å². The molecule has 1 aromatic heterocycles. The van der Waals surface area contributed by atoms with Gasteiger partial charge in [0, 0.05) is 19.5 Å². The van der Waals surface area contributed by atoms with Crippen LogP contribution in [0.25, 0.3) is 0 Å². The summed E-state index contributed by atoms with van der Waals surface area (Å²) in [5.41, 5.74) is 1.13. The van der Waals surface area contributed by atoms with Crippen molar-refractivity contribution in [3.05, 3.63) is 40.6 Å². The fourth-order valence-corrected chi connectivity index (χ4v) is 3.62. The van der Waals surface area contributed by atoms with E-state index in [4.69, 9.17) is 4.74 Å². The lowest BCUT2D eigenvalue weighted by atomic mass is 10.0. The van der Waals surface area contributed by atoms with Gasteiger partial charge in [0.2, 0.25) is 5.91 Å². The first-order chi connectivity index (χ1) is 11.7. The highest BCUT2D eigenvalue weighted by Gasteiger charge is 2.24. The third kappa shape index (κ3) is 3.95. The third-order valence-electron chi connectivity index (χ3n) is 4.42. The van der Waals surface area contributed by atoms with Crippen LogP contribution in [0.15, 0.2) is 35.1 Å². The van der Waals surface area contributed by atoms with E-state index in [9.17, 15) is 4.79 Å². The van der Waals surface area contributed by atoms with Crippen LogP contribution in [0.5, 0.6) is 5.75 Å². The molecule has 24 heavy (non-hydrogen) atoms. The molecular formula is C17H21BrN4O2. The van der Waals surface area contributed by atoms with Gasteiger partial charge < -0.3 is 9.64 Å². The maximum atomic E-state index is 12.4. The standard InChI is InChI=1S/C17H21BrN4O2/c1-24-16-4-2-13(12-15(16)18)3-5-17(23)21-10-6-14(7-11-21)22-19-8-9-20-22/h2,4,8-9,12,14H,3,5-7,10-11H2,1H3. The molecule has 0 bridgehead atoms. The van der Waals surface area contributed by atoms with Crippen molar-refractivity contribution in [2.45, 2.75) is 31.7 Å². The van der Waals surface area contributed by atoms with E-state index in [1.807, 2.05) is 23.1 Å². The van der Waals surface area contributed by atoms with Crippen LogP contribution in [0.2, 0.25) is 0 Å². The molecule has 1 aliphatic heterocycles. The molecule has 3 rings (SSSR count). The Hall–Kier alpha value is -1.89. The molecule has 1 saturated heterocycles. The third-order valence-corrected chi connectivity index (χ3v) is 5.04. The van der Waals surface area contributed by atoms with Crippen LogP contribution in [0.3, 0.4) is 0 Å². The number of rotatable bonds is 5. The summed E-state index contributed by atoms with van der Waals surface area (Å²) < 4.78 is 6.15. The number of piperidine rings is 1. The van der Waals surface area contributed by atoms with Gasteiger partial charge in [-0.25, -0.2) is 0 Å². The molecule has 1 aromatic carbocycles. The summed E-state index contributed by atoms with van der Waals surface area (Å²) in [5.74, 6) is 1.02. The zero-order chi connectivity index (χ0) is 16.9. The first-order valence-corrected chi connectivity index (χ1v) is 8.92. The minimum atomic E-state index is 0.216. The van der Waals surface area contributed by atoms with Crippen molar-refractivity contribution < 1.29 is 9.53 Å². The molecule has 0 unspecified atom stereocenters. The van der Waals surface area contributed by atoms with Crippen LogP contribution in [0, 0.1) is 0 Å². The molecule has 128 valence electrons. The Kier molecular flexibility index (Phi) is 5.50. The molecule has 0 aliphatic carbocycles.